The van der Waals surface area contributed by atoms with Gasteiger partial charge in [-0.2, -0.15) is 0 Å². The Morgan fingerprint density at radius 2 is 1.72 bits per heavy atom. The topological polar surface area (TPSA) is 26.0 Å². The highest BCUT2D eigenvalue weighted by Gasteiger charge is 2.14. The Kier molecular flexibility index (Phi) is 3.43. The first-order valence-electron chi connectivity index (χ1n) is 5.78. The Morgan fingerprint density at radius 3 is 2.33 bits per heavy atom. The molecule has 1 nitrogen and oxygen atoms in total. The zero-order valence-electron chi connectivity index (χ0n) is 10.4. The quantitative estimate of drug-likeness (QED) is 0.860. The largest absolute Gasteiger partial charge is 0.326 e. The molecule has 3 heteroatoms. The minimum Gasteiger partial charge on any atom is -0.326 e. The maximum absolute atomic E-state index is 14.0. The van der Waals surface area contributed by atoms with Crippen LogP contribution in [0.2, 0.25) is 0 Å². The van der Waals surface area contributed by atoms with Crippen LogP contribution in [0.15, 0.2) is 30.3 Å². The molecule has 0 radical (unpaired) electrons. The molecule has 0 fully saturated rings. The minimum atomic E-state index is -0.432. The molecule has 0 saturated heterocycles. The van der Waals surface area contributed by atoms with Crippen molar-refractivity contribution >= 4 is 0 Å². The summed E-state index contributed by atoms with van der Waals surface area (Å²) in [6.45, 7) is 3.90. The molecule has 0 amide bonds. The first-order valence-corrected chi connectivity index (χ1v) is 5.78. The van der Waals surface area contributed by atoms with Crippen LogP contribution in [-0.4, -0.2) is 0 Å². The van der Waals surface area contributed by atoms with Crippen molar-refractivity contribution in [3.05, 3.63) is 58.7 Å². The van der Waals surface area contributed by atoms with Crippen LogP contribution < -0.4 is 5.73 Å². The first-order chi connectivity index (χ1) is 8.52. The minimum absolute atomic E-state index is 0.271. The second-order valence-corrected chi connectivity index (χ2v) is 4.46. The van der Waals surface area contributed by atoms with Crippen LogP contribution in [0, 0.1) is 25.5 Å². The fourth-order valence-corrected chi connectivity index (χ4v) is 2.15. The molecule has 2 N–H and O–H groups in total. The van der Waals surface area contributed by atoms with Crippen molar-refractivity contribution in [1.29, 1.82) is 0 Å². The van der Waals surface area contributed by atoms with Crippen molar-refractivity contribution in [3.63, 3.8) is 0 Å². The molecule has 2 aromatic rings. The van der Waals surface area contributed by atoms with Gasteiger partial charge in [-0.3, -0.25) is 0 Å². The van der Waals surface area contributed by atoms with E-state index in [1.165, 1.54) is 12.1 Å². The summed E-state index contributed by atoms with van der Waals surface area (Å²) in [5.41, 5.74) is 8.44. The van der Waals surface area contributed by atoms with E-state index in [1.807, 2.05) is 13.0 Å². The van der Waals surface area contributed by atoms with Crippen molar-refractivity contribution in [2.24, 2.45) is 5.73 Å². The molecule has 94 valence electrons. The Bertz CT molecular complexity index is 568. The second kappa shape index (κ2) is 4.86. The van der Waals surface area contributed by atoms with Crippen LogP contribution >= 0.6 is 0 Å². The van der Waals surface area contributed by atoms with Gasteiger partial charge >= 0.3 is 0 Å². The Hall–Kier alpha value is -1.74. The summed E-state index contributed by atoms with van der Waals surface area (Å²) in [7, 11) is 0. The molecule has 2 aromatic carbocycles. The summed E-state index contributed by atoms with van der Waals surface area (Å²) in [6, 6.07) is 7.80. The molecule has 0 saturated carbocycles. The van der Waals surface area contributed by atoms with Gasteiger partial charge < -0.3 is 5.73 Å². The van der Waals surface area contributed by atoms with E-state index in [2.05, 4.69) is 0 Å². The molecule has 0 aromatic heterocycles. The molecule has 2 rings (SSSR count). The number of aryl methyl sites for hydroxylation is 2. The fraction of sp³-hybridized carbons (Fsp3) is 0.200. The van der Waals surface area contributed by atoms with Gasteiger partial charge in [-0.25, -0.2) is 8.78 Å². The Morgan fingerprint density at radius 1 is 1.00 bits per heavy atom. The summed E-state index contributed by atoms with van der Waals surface area (Å²) in [4.78, 5) is 0. The lowest BCUT2D eigenvalue weighted by Crippen LogP contribution is -1.99. The summed E-state index contributed by atoms with van der Waals surface area (Å²) < 4.78 is 27.9. The maximum Gasteiger partial charge on any atom is 0.131 e. The van der Waals surface area contributed by atoms with Gasteiger partial charge in [0.2, 0.25) is 0 Å². The van der Waals surface area contributed by atoms with Crippen LogP contribution in [0.3, 0.4) is 0 Å². The van der Waals surface area contributed by atoms with Gasteiger partial charge in [0.25, 0.3) is 0 Å². The van der Waals surface area contributed by atoms with E-state index in [4.69, 9.17) is 5.73 Å². The molecule has 0 aliphatic heterocycles. The predicted molar refractivity (Wildman–Crippen MR) is 69.2 cm³/mol. The molecule has 0 bridgehead atoms. The normalized spacial score (nSPS) is 10.7. The van der Waals surface area contributed by atoms with Gasteiger partial charge in [0.1, 0.15) is 11.6 Å². The monoisotopic (exact) mass is 247 g/mol. The second-order valence-electron chi connectivity index (χ2n) is 4.46. The van der Waals surface area contributed by atoms with E-state index in [-0.39, 0.29) is 5.56 Å². The average Bonchev–Trinajstić information content (AvgIpc) is 2.30. The smallest absolute Gasteiger partial charge is 0.131 e. The molecule has 0 unspecified atom stereocenters. The maximum atomic E-state index is 14.0. The molecule has 0 aliphatic rings. The van der Waals surface area contributed by atoms with Crippen molar-refractivity contribution in [2.45, 2.75) is 20.4 Å². The number of benzene rings is 2. The van der Waals surface area contributed by atoms with Crippen LogP contribution in [0.4, 0.5) is 8.78 Å². The average molecular weight is 247 g/mol. The van der Waals surface area contributed by atoms with Crippen LogP contribution in [0.1, 0.15) is 16.7 Å². The lowest BCUT2D eigenvalue weighted by molar-refractivity contribution is 0.614. The lowest BCUT2D eigenvalue weighted by Gasteiger charge is -2.11. The number of halogens is 2. The van der Waals surface area contributed by atoms with Gasteiger partial charge in [0.05, 0.1) is 0 Å². The standard InChI is InChI=1S/C15H15F2N/c1-9-5-10(2)15(14(17)6-9)12-7-11(8-18)3-4-13(12)16/h3-7H,8,18H2,1-2H3. The van der Waals surface area contributed by atoms with Gasteiger partial charge in [-0.05, 0) is 48.7 Å². The molecule has 18 heavy (non-hydrogen) atoms. The van der Waals surface area contributed by atoms with Gasteiger partial charge in [0.15, 0.2) is 0 Å². The fourth-order valence-electron chi connectivity index (χ4n) is 2.15. The molecule has 0 spiro atoms. The van der Waals surface area contributed by atoms with Crippen molar-refractivity contribution < 1.29 is 8.78 Å². The van der Waals surface area contributed by atoms with Crippen molar-refractivity contribution in [3.8, 4) is 11.1 Å². The Balaban J connectivity index is 2.68. The molecule has 0 atom stereocenters. The number of nitrogens with two attached hydrogens (primary N) is 1. The summed E-state index contributed by atoms with van der Waals surface area (Å²) >= 11 is 0. The van der Waals surface area contributed by atoms with Gasteiger partial charge in [-0.1, -0.05) is 12.1 Å². The summed E-state index contributed by atoms with van der Waals surface area (Å²) in [5.74, 6) is -0.835. The summed E-state index contributed by atoms with van der Waals surface area (Å²) in [5, 5.41) is 0. The molecule has 0 aliphatic carbocycles. The summed E-state index contributed by atoms with van der Waals surface area (Å²) in [6.07, 6.45) is 0. The Labute approximate surface area is 105 Å². The van der Waals surface area contributed by atoms with E-state index in [1.54, 1.807) is 19.1 Å². The number of hydrogen-bond acceptors (Lipinski definition) is 1. The zero-order valence-corrected chi connectivity index (χ0v) is 10.4. The zero-order chi connectivity index (χ0) is 13.3. The number of hydrogen-bond donors (Lipinski definition) is 1. The SMILES string of the molecule is Cc1cc(C)c(-c2cc(CN)ccc2F)c(F)c1. The van der Waals surface area contributed by atoms with E-state index >= 15 is 0 Å². The first kappa shape index (κ1) is 12.7. The van der Waals surface area contributed by atoms with Crippen LogP contribution in [0.25, 0.3) is 11.1 Å². The van der Waals surface area contributed by atoms with Gasteiger partial charge in [0, 0.05) is 17.7 Å². The number of rotatable bonds is 2. The van der Waals surface area contributed by atoms with E-state index in [0.717, 1.165) is 16.7 Å². The predicted octanol–water partition coefficient (Wildman–Crippen LogP) is 3.71. The van der Waals surface area contributed by atoms with E-state index in [0.29, 0.717) is 12.1 Å². The highest BCUT2D eigenvalue weighted by Crippen LogP contribution is 2.30. The highest BCUT2D eigenvalue weighted by atomic mass is 19.1. The van der Waals surface area contributed by atoms with Crippen molar-refractivity contribution in [1.82, 2.24) is 0 Å². The molecular weight excluding hydrogens is 232 g/mol. The third kappa shape index (κ3) is 2.27. The van der Waals surface area contributed by atoms with Crippen molar-refractivity contribution in [2.75, 3.05) is 0 Å². The van der Waals surface area contributed by atoms with E-state index < -0.39 is 11.6 Å². The third-order valence-corrected chi connectivity index (χ3v) is 2.97. The van der Waals surface area contributed by atoms with Gasteiger partial charge in [-0.15, -0.1) is 0 Å². The lowest BCUT2D eigenvalue weighted by atomic mass is 9.96. The van der Waals surface area contributed by atoms with E-state index in [9.17, 15) is 8.78 Å². The van der Waals surface area contributed by atoms with Crippen LogP contribution in [-0.2, 0) is 6.54 Å². The highest BCUT2D eigenvalue weighted by molar-refractivity contribution is 5.69. The molecule has 0 heterocycles. The molecular formula is C15H15F2N. The van der Waals surface area contributed by atoms with Crippen LogP contribution in [0.5, 0.6) is 0 Å². The third-order valence-electron chi connectivity index (χ3n) is 2.97.